The Morgan fingerprint density at radius 1 is 1.12 bits per heavy atom. The van der Waals surface area contributed by atoms with E-state index < -0.39 is 5.97 Å². The predicted octanol–water partition coefficient (Wildman–Crippen LogP) is 3.34. The van der Waals surface area contributed by atoms with Crippen LogP contribution in [0.25, 0.3) is 18.3 Å². The Hall–Kier alpha value is -4.23. The van der Waals surface area contributed by atoms with Crippen molar-refractivity contribution in [3.63, 3.8) is 0 Å². The second-order valence-corrected chi connectivity index (χ2v) is 7.85. The van der Waals surface area contributed by atoms with Crippen molar-refractivity contribution in [1.82, 2.24) is 9.78 Å². The van der Waals surface area contributed by atoms with E-state index in [1.54, 1.807) is 31.4 Å². The molecular weight excluding hydrogens is 456 g/mol. The number of aromatic amines is 1. The van der Waals surface area contributed by atoms with Crippen LogP contribution < -0.4 is 25.6 Å². The number of rotatable bonds is 7. The van der Waals surface area contributed by atoms with Crippen LogP contribution in [0, 0.1) is 0 Å². The highest BCUT2D eigenvalue weighted by Gasteiger charge is 2.13. The van der Waals surface area contributed by atoms with Gasteiger partial charge in [0.15, 0.2) is 11.5 Å². The molecule has 172 valence electrons. The van der Waals surface area contributed by atoms with Gasteiger partial charge in [-0.25, -0.2) is 9.48 Å². The highest BCUT2D eigenvalue weighted by atomic mass is 35.5. The molecular formula is C26H21ClN2O5. The van der Waals surface area contributed by atoms with Gasteiger partial charge in [-0.1, -0.05) is 54.6 Å². The van der Waals surface area contributed by atoms with Gasteiger partial charge in [0.1, 0.15) is 6.61 Å². The van der Waals surface area contributed by atoms with Crippen LogP contribution >= 0.6 is 11.6 Å². The third-order valence-corrected chi connectivity index (χ3v) is 5.51. The smallest absolute Gasteiger partial charge is 0.337 e. The van der Waals surface area contributed by atoms with Gasteiger partial charge in [0.05, 0.1) is 34.0 Å². The first-order valence-corrected chi connectivity index (χ1v) is 10.6. The van der Waals surface area contributed by atoms with Crippen LogP contribution in [0.3, 0.4) is 0 Å². The third kappa shape index (κ3) is 4.74. The molecule has 0 amide bonds. The zero-order valence-corrected chi connectivity index (χ0v) is 19.0. The fourth-order valence-corrected chi connectivity index (χ4v) is 3.64. The molecule has 2 N–H and O–H groups in total. The number of carbonyl (C=O) groups is 1. The van der Waals surface area contributed by atoms with Crippen molar-refractivity contribution in [3.8, 4) is 17.2 Å². The number of methoxy groups -OCH3 is 1. The molecule has 0 saturated heterocycles. The SMILES string of the molecule is C=c1[nH]n(-c2ccc(Cl)c(C(=O)O)c2)c(=O)c1=Cc1ccc(OCc2ccccc2)c(OC)c1. The molecule has 8 heteroatoms. The molecule has 0 unspecified atom stereocenters. The molecule has 4 aromatic rings. The molecule has 0 aliphatic carbocycles. The number of halogens is 1. The summed E-state index contributed by atoms with van der Waals surface area (Å²) in [6.07, 6.45) is 1.68. The molecule has 34 heavy (non-hydrogen) atoms. The number of hydrogen-bond donors (Lipinski definition) is 2. The van der Waals surface area contributed by atoms with Crippen LogP contribution in [-0.4, -0.2) is 28.0 Å². The fourth-order valence-electron chi connectivity index (χ4n) is 3.44. The zero-order valence-electron chi connectivity index (χ0n) is 18.2. The summed E-state index contributed by atoms with van der Waals surface area (Å²) < 4.78 is 12.6. The second kappa shape index (κ2) is 9.72. The minimum Gasteiger partial charge on any atom is -0.493 e. The van der Waals surface area contributed by atoms with Crippen LogP contribution in [0.15, 0.2) is 71.5 Å². The van der Waals surface area contributed by atoms with Gasteiger partial charge in [0.2, 0.25) is 0 Å². The summed E-state index contributed by atoms with van der Waals surface area (Å²) in [7, 11) is 1.55. The maximum absolute atomic E-state index is 13.1. The number of nitrogens with one attached hydrogen (secondary N) is 1. The van der Waals surface area contributed by atoms with E-state index in [2.05, 4.69) is 11.7 Å². The molecule has 0 spiro atoms. The fraction of sp³-hybridized carbons (Fsp3) is 0.0769. The van der Waals surface area contributed by atoms with Gasteiger partial charge in [0.25, 0.3) is 5.56 Å². The molecule has 7 nitrogen and oxygen atoms in total. The number of hydrogen-bond acceptors (Lipinski definition) is 4. The van der Waals surface area contributed by atoms with Crippen molar-refractivity contribution < 1.29 is 19.4 Å². The normalized spacial score (nSPS) is 11.4. The van der Waals surface area contributed by atoms with E-state index >= 15 is 0 Å². The number of H-pyrrole nitrogens is 1. The Bertz CT molecular complexity index is 1520. The maximum atomic E-state index is 13.1. The number of benzene rings is 3. The summed E-state index contributed by atoms with van der Waals surface area (Å²) in [6, 6.07) is 19.4. The maximum Gasteiger partial charge on any atom is 0.337 e. The van der Waals surface area contributed by atoms with Crippen molar-refractivity contribution in [2.24, 2.45) is 0 Å². The Morgan fingerprint density at radius 2 is 1.88 bits per heavy atom. The quantitative estimate of drug-likeness (QED) is 0.426. The van der Waals surface area contributed by atoms with Crippen LogP contribution in [0.2, 0.25) is 5.02 Å². The monoisotopic (exact) mass is 476 g/mol. The van der Waals surface area contributed by atoms with Gasteiger partial charge in [-0.3, -0.25) is 9.89 Å². The summed E-state index contributed by atoms with van der Waals surface area (Å²) in [5, 5.41) is 13.0. The average Bonchev–Trinajstić information content (AvgIpc) is 3.12. The summed E-state index contributed by atoms with van der Waals surface area (Å²) in [5.41, 5.74) is 1.58. The molecule has 0 atom stereocenters. The Labute approximate surface area is 199 Å². The first-order valence-electron chi connectivity index (χ1n) is 10.3. The first-order chi connectivity index (χ1) is 16.4. The van der Waals surface area contributed by atoms with Gasteiger partial charge < -0.3 is 14.6 Å². The minimum absolute atomic E-state index is 0.0826. The van der Waals surface area contributed by atoms with E-state index in [9.17, 15) is 14.7 Å². The van der Waals surface area contributed by atoms with Crippen molar-refractivity contribution in [2.45, 2.75) is 6.61 Å². The Morgan fingerprint density at radius 3 is 2.59 bits per heavy atom. The van der Waals surface area contributed by atoms with Crippen LogP contribution in [0.4, 0.5) is 0 Å². The number of aromatic carboxylic acids is 1. The number of carboxylic acid groups (broad SMARTS) is 1. The molecule has 4 rings (SSSR count). The lowest BCUT2D eigenvalue weighted by atomic mass is 10.1. The molecule has 3 aromatic carbocycles. The lowest BCUT2D eigenvalue weighted by molar-refractivity contribution is 0.0697. The van der Waals surface area contributed by atoms with E-state index in [-0.39, 0.29) is 16.1 Å². The molecule has 0 fully saturated rings. The number of ether oxygens (including phenoxy) is 2. The summed E-state index contributed by atoms with van der Waals surface area (Å²) in [5.74, 6) is -0.0862. The van der Waals surface area contributed by atoms with Crippen LogP contribution in [0.1, 0.15) is 21.5 Å². The minimum atomic E-state index is -1.19. The summed E-state index contributed by atoms with van der Waals surface area (Å²) >= 11 is 5.94. The standard InChI is InChI=1S/C26H21ClN2O5/c1-16-20(25(30)29(28-16)19-9-10-22(27)21(14-19)26(31)32)12-18-8-11-23(24(13-18)33-2)34-15-17-6-4-3-5-7-17/h3-14,28H,1,15H2,2H3,(H,31,32). The van der Waals surface area contributed by atoms with E-state index in [4.69, 9.17) is 21.1 Å². The van der Waals surface area contributed by atoms with Crippen LogP contribution in [0.5, 0.6) is 11.5 Å². The third-order valence-electron chi connectivity index (χ3n) is 5.18. The number of aromatic nitrogens is 2. The Balaban J connectivity index is 1.68. The van der Waals surface area contributed by atoms with Gasteiger partial charge in [-0.2, -0.15) is 0 Å². The number of nitrogens with zero attached hydrogens (tertiary/aromatic N) is 1. The zero-order chi connectivity index (χ0) is 24.2. The van der Waals surface area contributed by atoms with Gasteiger partial charge >= 0.3 is 5.97 Å². The molecule has 0 aliphatic heterocycles. The molecule has 1 heterocycles. The molecule has 0 bridgehead atoms. The highest BCUT2D eigenvalue weighted by Crippen LogP contribution is 2.29. The van der Waals surface area contributed by atoms with Gasteiger partial charge in [-0.15, -0.1) is 0 Å². The summed E-state index contributed by atoms with van der Waals surface area (Å²) in [4.78, 5) is 24.5. The lowest BCUT2D eigenvalue weighted by Gasteiger charge is -2.11. The predicted molar refractivity (Wildman–Crippen MR) is 130 cm³/mol. The highest BCUT2D eigenvalue weighted by molar-refractivity contribution is 6.33. The first kappa shape index (κ1) is 22.9. The van der Waals surface area contributed by atoms with Crippen molar-refractivity contribution in [3.05, 3.63) is 109 Å². The molecule has 0 radical (unpaired) electrons. The largest absolute Gasteiger partial charge is 0.493 e. The molecule has 0 aliphatic rings. The summed E-state index contributed by atoms with van der Waals surface area (Å²) in [6.45, 7) is 4.31. The van der Waals surface area contributed by atoms with E-state index in [0.29, 0.717) is 39.9 Å². The van der Waals surface area contributed by atoms with E-state index in [1.165, 1.54) is 16.8 Å². The Kier molecular flexibility index (Phi) is 6.56. The van der Waals surface area contributed by atoms with Crippen molar-refractivity contribution in [1.29, 1.82) is 0 Å². The topological polar surface area (TPSA) is 93.6 Å². The van der Waals surface area contributed by atoms with E-state index in [0.717, 1.165) is 5.56 Å². The molecule has 1 aromatic heterocycles. The van der Waals surface area contributed by atoms with Crippen LogP contribution in [-0.2, 0) is 6.61 Å². The van der Waals surface area contributed by atoms with Gasteiger partial charge in [-0.05, 0) is 47.5 Å². The second-order valence-electron chi connectivity index (χ2n) is 7.44. The van der Waals surface area contributed by atoms with E-state index in [1.807, 2.05) is 36.4 Å². The average molecular weight is 477 g/mol. The van der Waals surface area contributed by atoms with Gasteiger partial charge in [0, 0.05) is 0 Å². The van der Waals surface area contributed by atoms with Crippen molar-refractivity contribution >= 4 is 30.2 Å². The number of carboxylic acids is 1. The van der Waals surface area contributed by atoms with Crippen molar-refractivity contribution in [2.75, 3.05) is 7.11 Å². The molecule has 0 saturated carbocycles. The lowest BCUT2D eigenvalue weighted by Crippen LogP contribution is -2.34.